The number of carbonyl (C=O) groups excluding carboxylic acids is 1. The Balaban J connectivity index is 2.54. The zero-order chi connectivity index (χ0) is 15.7. The maximum Gasteiger partial charge on any atom is 0.244 e. The van der Waals surface area contributed by atoms with Crippen LogP contribution in [0, 0.1) is 5.41 Å². The molecule has 0 bridgehead atoms. The van der Waals surface area contributed by atoms with Crippen molar-refractivity contribution >= 4 is 23.6 Å². The first-order valence-corrected chi connectivity index (χ1v) is 7.61. The Labute approximate surface area is 131 Å². The number of nitrogens with zero attached hydrogens (tertiary/aromatic N) is 1. The number of aromatic nitrogens is 1. The minimum atomic E-state index is -0.144. The third-order valence-electron chi connectivity index (χ3n) is 3.96. The number of rotatable bonds is 8. The number of nitrogens with one attached hydrogen (secondary N) is 1. The molecular formula is C16H23ClN2O2. The van der Waals surface area contributed by atoms with Gasteiger partial charge in [0.15, 0.2) is 0 Å². The average Bonchev–Trinajstić information content (AvgIpc) is 2.51. The summed E-state index contributed by atoms with van der Waals surface area (Å²) in [5.74, 6) is -0.144. The van der Waals surface area contributed by atoms with Crippen LogP contribution in [0.5, 0.6) is 0 Å². The van der Waals surface area contributed by atoms with E-state index in [4.69, 9.17) is 16.7 Å². The second-order valence-electron chi connectivity index (χ2n) is 5.15. The van der Waals surface area contributed by atoms with Gasteiger partial charge in [-0.25, -0.2) is 4.98 Å². The summed E-state index contributed by atoms with van der Waals surface area (Å²) in [7, 11) is 0. The topological polar surface area (TPSA) is 62.2 Å². The molecule has 2 N–H and O–H groups in total. The van der Waals surface area contributed by atoms with E-state index in [1.807, 2.05) is 0 Å². The normalized spacial score (nSPS) is 11.8. The minimum absolute atomic E-state index is 0.0277. The first-order valence-electron chi connectivity index (χ1n) is 7.23. The maximum atomic E-state index is 11.9. The number of aliphatic hydroxyl groups excluding tert-OH is 1. The number of pyridine rings is 1. The van der Waals surface area contributed by atoms with Gasteiger partial charge >= 0.3 is 0 Å². The molecule has 0 aliphatic rings. The molecule has 1 aromatic heterocycles. The van der Waals surface area contributed by atoms with Gasteiger partial charge in [-0.15, -0.1) is 0 Å². The van der Waals surface area contributed by atoms with Crippen LogP contribution >= 0.6 is 11.6 Å². The molecule has 0 aliphatic heterocycles. The van der Waals surface area contributed by atoms with Crippen LogP contribution < -0.4 is 5.32 Å². The summed E-state index contributed by atoms with van der Waals surface area (Å²) in [6.07, 6.45) is 7.35. The summed E-state index contributed by atoms with van der Waals surface area (Å²) >= 11 is 5.70. The molecule has 1 rings (SSSR count). The minimum Gasteiger partial charge on any atom is -0.396 e. The second-order valence-corrected chi connectivity index (χ2v) is 5.53. The molecule has 1 aromatic rings. The van der Waals surface area contributed by atoms with Gasteiger partial charge in [0.25, 0.3) is 0 Å². The summed E-state index contributed by atoms with van der Waals surface area (Å²) < 4.78 is 0. The van der Waals surface area contributed by atoms with Crippen LogP contribution in [-0.4, -0.2) is 29.1 Å². The smallest absolute Gasteiger partial charge is 0.244 e. The van der Waals surface area contributed by atoms with E-state index in [1.54, 1.807) is 24.4 Å². The monoisotopic (exact) mass is 310 g/mol. The van der Waals surface area contributed by atoms with Gasteiger partial charge in [-0.3, -0.25) is 4.79 Å². The highest BCUT2D eigenvalue weighted by Gasteiger charge is 2.25. The molecule has 0 aliphatic carbocycles. The van der Waals surface area contributed by atoms with Gasteiger partial charge in [0.2, 0.25) is 5.91 Å². The van der Waals surface area contributed by atoms with E-state index in [-0.39, 0.29) is 17.9 Å². The highest BCUT2D eigenvalue weighted by Crippen LogP contribution is 2.29. The van der Waals surface area contributed by atoms with Crippen molar-refractivity contribution in [2.75, 3.05) is 13.2 Å². The fraction of sp³-hybridized carbons (Fsp3) is 0.500. The summed E-state index contributed by atoms with van der Waals surface area (Å²) in [5.41, 5.74) is 0.794. The third-order valence-corrected chi connectivity index (χ3v) is 4.18. The van der Waals surface area contributed by atoms with Crippen molar-refractivity contribution in [1.82, 2.24) is 10.3 Å². The van der Waals surface area contributed by atoms with E-state index in [1.165, 1.54) is 6.08 Å². The molecule has 1 amide bonds. The fourth-order valence-electron chi connectivity index (χ4n) is 2.17. The van der Waals surface area contributed by atoms with E-state index in [0.29, 0.717) is 18.1 Å². The lowest BCUT2D eigenvalue weighted by Gasteiger charge is -2.31. The van der Waals surface area contributed by atoms with E-state index in [9.17, 15) is 4.79 Å². The predicted octanol–water partition coefficient (Wildman–Crippen LogP) is 3.05. The SMILES string of the molecule is CCC(CC)(CCO)CNC(=O)/C=C/c1ccc(Cl)nc1. The van der Waals surface area contributed by atoms with Gasteiger partial charge in [0.05, 0.1) is 0 Å². The molecule has 0 saturated heterocycles. The molecule has 1 heterocycles. The molecule has 116 valence electrons. The molecule has 0 aromatic carbocycles. The number of halogens is 1. The lowest BCUT2D eigenvalue weighted by Crippen LogP contribution is -2.36. The Kier molecular flexibility index (Phi) is 7.40. The summed E-state index contributed by atoms with van der Waals surface area (Å²) in [4.78, 5) is 15.8. The summed E-state index contributed by atoms with van der Waals surface area (Å²) in [5, 5.41) is 12.5. The number of hydrogen-bond acceptors (Lipinski definition) is 3. The maximum absolute atomic E-state index is 11.9. The summed E-state index contributed by atoms with van der Waals surface area (Å²) in [6.45, 7) is 4.88. The van der Waals surface area contributed by atoms with Gasteiger partial charge in [0.1, 0.15) is 5.15 Å². The molecule has 21 heavy (non-hydrogen) atoms. The Morgan fingerprint density at radius 3 is 2.67 bits per heavy atom. The Hall–Kier alpha value is -1.39. The van der Waals surface area contributed by atoms with Crippen LogP contribution in [0.25, 0.3) is 6.08 Å². The van der Waals surface area contributed by atoms with E-state index in [2.05, 4.69) is 24.1 Å². The molecule has 0 saturated carbocycles. The van der Waals surface area contributed by atoms with Crippen molar-refractivity contribution in [1.29, 1.82) is 0 Å². The van der Waals surface area contributed by atoms with Crippen molar-refractivity contribution in [2.45, 2.75) is 33.1 Å². The van der Waals surface area contributed by atoms with E-state index >= 15 is 0 Å². The van der Waals surface area contributed by atoms with Crippen molar-refractivity contribution in [3.8, 4) is 0 Å². The first-order chi connectivity index (χ1) is 10.0. The predicted molar refractivity (Wildman–Crippen MR) is 86.0 cm³/mol. The standard InChI is InChI=1S/C16H23ClN2O2/c1-3-16(4-2,9-10-20)12-19-15(21)8-6-13-5-7-14(17)18-11-13/h5-8,11,20H,3-4,9-10,12H2,1-2H3,(H,19,21)/b8-6+. The van der Waals surface area contributed by atoms with E-state index in [0.717, 1.165) is 18.4 Å². The van der Waals surface area contributed by atoms with Gasteiger partial charge in [-0.2, -0.15) is 0 Å². The molecule has 0 atom stereocenters. The van der Waals surface area contributed by atoms with Crippen LogP contribution in [0.2, 0.25) is 5.15 Å². The average molecular weight is 311 g/mol. The number of aliphatic hydroxyl groups is 1. The van der Waals surface area contributed by atoms with Gasteiger partial charge < -0.3 is 10.4 Å². The molecule has 0 fully saturated rings. The molecule has 5 heteroatoms. The van der Waals surface area contributed by atoms with Crippen LogP contribution in [-0.2, 0) is 4.79 Å². The van der Waals surface area contributed by atoms with Gasteiger partial charge in [0, 0.05) is 25.4 Å². The Bertz CT molecular complexity index is 468. The number of carbonyl (C=O) groups is 1. The highest BCUT2D eigenvalue weighted by molar-refractivity contribution is 6.29. The van der Waals surface area contributed by atoms with Crippen LogP contribution in [0.4, 0.5) is 0 Å². The van der Waals surface area contributed by atoms with Crippen molar-refractivity contribution in [3.05, 3.63) is 35.1 Å². The lowest BCUT2D eigenvalue weighted by molar-refractivity contribution is -0.117. The Morgan fingerprint density at radius 1 is 1.43 bits per heavy atom. The zero-order valence-electron chi connectivity index (χ0n) is 12.6. The zero-order valence-corrected chi connectivity index (χ0v) is 13.4. The first kappa shape index (κ1) is 17.7. The van der Waals surface area contributed by atoms with Crippen LogP contribution in [0.1, 0.15) is 38.7 Å². The van der Waals surface area contributed by atoms with Crippen LogP contribution in [0.3, 0.4) is 0 Å². The Morgan fingerprint density at radius 2 is 2.14 bits per heavy atom. The molecule has 4 nitrogen and oxygen atoms in total. The largest absolute Gasteiger partial charge is 0.396 e. The molecule has 0 unspecified atom stereocenters. The van der Waals surface area contributed by atoms with E-state index < -0.39 is 0 Å². The fourth-order valence-corrected chi connectivity index (χ4v) is 2.28. The quantitative estimate of drug-likeness (QED) is 0.573. The van der Waals surface area contributed by atoms with Crippen molar-refractivity contribution in [2.24, 2.45) is 5.41 Å². The number of hydrogen-bond donors (Lipinski definition) is 2. The summed E-state index contributed by atoms with van der Waals surface area (Å²) in [6, 6.07) is 3.48. The van der Waals surface area contributed by atoms with Crippen molar-refractivity contribution in [3.63, 3.8) is 0 Å². The second kappa shape index (κ2) is 8.80. The molecule has 0 spiro atoms. The molecular weight excluding hydrogens is 288 g/mol. The van der Waals surface area contributed by atoms with Crippen molar-refractivity contribution < 1.29 is 9.90 Å². The number of amides is 1. The van der Waals surface area contributed by atoms with Crippen LogP contribution in [0.15, 0.2) is 24.4 Å². The third kappa shape index (κ3) is 5.86. The van der Waals surface area contributed by atoms with Gasteiger partial charge in [-0.05, 0) is 42.4 Å². The lowest BCUT2D eigenvalue weighted by atomic mass is 9.79. The molecule has 0 radical (unpaired) electrons. The van der Waals surface area contributed by atoms with Gasteiger partial charge in [-0.1, -0.05) is 31.5 Å². The highest BCUT2D eigenvalue weighted by atomic mass is 35.5.